The molecule has 4 aromatic rings. The number of amides is 4. The van der Waals surface area contributed by atoms with E-state index in [0.717, 1.165) is 16.7 Å². The Bertz CT molecular complexity index is 2970. The second kappa shape index (κ2) is 33.1. The molecule has 26 heteroatoms. The highest BCUT2D eigenvalue weighted by molar-refractivity contribution is 6.31. The summed E-state index contributed by atoms with van der Waals surface area (Å²) in [5, 5.41) is 87.8. The smallest absolute Gasteiger partial charge is 0.409 e. The van der Waals surface area contributed by atoms with Gasteiger partial charge in [0.15, 0.2) is 23.6 Å². The number of rotatable bonds is 33. The second-order valence-electron chi connectivity index (χ2n) is 21.6. The van der Waals surface area contributed by atoms with Gasteiger partial charge in [-0.15, -0.1) is 0 Å². The number of carbonyl (C=O) groups is 8. The number of nitrogens with two attached hydrogens (primary N) is 1. The van der Waals surface area contributed by atoms with Crippen molar-refractivity contribution in [1.29, 1.82) is 0 Å². The molecule has 1 aromatic heterocycles. The van der Waals surface area contributed by atoms with Gasteiger partial charge in [0, 0.05) is 81.0 Å². The van der Waals surface area contributed by atoms with Gasteiger partial charge >= 0.3 is 6.09 Å². The molecular formula is C60H76ClN5O20. The van der Waals surface area contributed by atoms with Crippen molar-refractivity contribution in [1.82, 2.24) is 15.2 Å². The Morgan fingerprint density at radius 2 is 1.43 bits per heavy atom. The molecule has 0 bridgehead atoms. The first-order valence-electron chi connectivity index (χ1n) is 27.8. The molecule has 12 N–H and O–H groups in total. The minimum Gasteiger partial charge on any atom is -0.457 e. The minimum atomic E-state index is -2.39. The fourth-order valence-corrected chi connectivity index (χ4v) is 9.27. The molecule has 3 aromatic carbocycles. The van der Waals surface area contributed by atoms with Crippen LogP contribution >= 0.6 is 11.6 Å². The quantitative estimate of drug-likeness (QED) is 0.0303. The van der Waals surface area contributed by atoms with Gasteiger partial charge in [-0.1, -0.05) is 61.8 Å². The lowest BCUT2D eigenvalue weighted by atomic mass is 9.86. The molecule has 2 heterocycles. The standard InChI is InChI=1S/C60H76ClN5O20/c1-31(2)42(27-47(72)51(75)54(78)56(48(73)28-67)86-59-55(79)53(77)52(76)49(29-68)85-59)58(81)64-33(4)46(71)24-37(25-50(62)74)57(80)65-38-13-8-35(9-14-38)30-83-60(82)66(5)20-6-7-45(70)44-26-41(18-19-63-44)84-40-15-10-34(11-16-40)22-39(69)23-36-12-17-43(61)32(3)21-36/h8-19,21,26,31,33,37,42,48-49,51-56,59,67-68,73,75-79H,6-7,20,22-25,27-30H2,1-5H3,(H2,62,74)(H,64,81)(H,65,80)/t33?,37?,42?,48-,49-,51+,52+,53+,54+,55-,56+,59+/m1/s1. The molecule has 3 unspecified atom stereocenters. The minimum absolute atomic E-state index is 0.0502. The van der Waals surface area contributed by atoms with E-state index in [1.165, 1.54) is 43.3 Å². The maximum absolute atomic E-state index is 13.6. The molecule has 1 saturated heterocycles. The Morgan fingerprint density at radius 3 is 2.06 bits per heavy atom. The summed E-state index contributed by atoms with van der Waals surface area (Å²) >= 11 is 6.11. The van der Waals surface area contributed by atoms with Gasteiger partial charge in [-0.3, -0.25) is 38.5 Å². The number of anilines is 1. The van der Waals surface area contributed by atoms with E-state index in [4.69, 9.17) is 36.3 Å². The number of halogens is 1. The number of carbonyl (C=O) groups excluding carboxylic acids is 8. The molecule has 1 aliphatic rings. The van der Waals surface area contributed by atoms with E-state index >= 15 is 0 Å². The number of aromatic nitrogens is 1. The Hall–Kier alpha value is -7.14. The van der Waals surface area contributed by atoms with Crippen molar-refractivity contribution in [2.24, 2.45) is 23.5 Å². The zero-order valence-corrected chi connectivity index (χ0v) is 48.9. The number of Topliss-reactive ketones (excluding diaryl/α,β-unsaturated/α-hetero) is 4. The van der Waals surface area contributed by atoms with E-state index in [1.807, 2.05) is 19.1 Å². The molecule has 0 radical (unpaired) electrons. The van der Waals surface area contributed by atoms with Crippen LogP contribution in [0.4, 0.5) is 10.5 Å². The van der Waals surface area contributed by atoms with Gasteiger partial charge in [0.25, 0.3) is 0 Å². The van der Waals surface area contributed by atoms with Crippen LogP contribution in [0.15, 0.2) is 85.1 Å². The van der Waals surface area contributed by atoms with Crippen LogP contribution in [-0.4, -0.2) is 186 Å². The van der Waals surface area contributed by atoms with Crippen molar-refractivity contribution in [3.63, 3.8) is 0 Å². The third kappa shape index (κ3) is 20.5. The number of ether oxygens (including phenoxy) is 4. The zero-order chi connectivity index (χ0) is 63.5. The Balaban J connectivity index is 1.05. The number of benzene rings is 3. The number of aryl methyl sites for hydroxylation is 1. The number of nitrogens with zero attached hydrogens (tertiary/aromatic N) is 2. The van der Waals surface area contributed by atoms with Crippen LogP contribution in [0, 0.1) is 24.7 Å². The fraction of sp³-hybridized carbons (Fsp3) is 0.483. The summed E-state index contributed by atoms with van der Waals surface area (Å²) in [6, 6.07) is 20.5. The number of aliphatic hydroxyl groups excluding tert-OH is 8. The lowest BCUT2D eigenvalue weighted by Gasteiger charge is -2.42. The first-order valence-corrected chi connectivity index (χ1v) is 28.1. The number of primary amides is 1. The van der Waals surface area contributed by atoms with Crippen LogP contribution in [0.3, 0.4) is 0 Å². The van der Waals surface area contributed by atoms with Crippen LogP contribution in [0.25, 0.3) is 0 Å². The molecule has 1 aliphatic heterocycles. The summed E-state index contributed by atoms with van der Waals surface area (Å²) in [7, 11) is 1.51. The topological polar surface area (TPSA) is 402 Å². The van der Waals surface area contributed by atoms with Gasteiger partial charge in [0.05, 0.1) is 25.2 Å². The first-order chi connectivity index (χ1) is 40.7. The number of hydrogen-bond donors (Lipinski definition) is 11. The van der Waals surface area contributed by atoms with E-state index in [0.29, 0.717) is 28.5 Å². The number of pyridine rings is 1. The van der Waals surface area contributed by atoms with Crippen LogP contribution in [0.2, 0.25) is 5.02 Å². The van der Waals surface area contributed by atoms with Crippen LogP contribution in [-0.2, 0) is 62.4 Å². The molecule has 12 atom stereocenters. The summed E-state index contributed by atoms with van der Waals surface area (Å²) in [6.07, 6.45) is -18.2. The molecule has 4 amide bonds. The molecule has 5 rings (SSSR count). The van der Waals surface area contributed by atoms with Crippen LogP contribution in [0.5, 0.6) is 11.5 Å². The summed E-state index contributed by atoms with van der Waals surface area (Å²) in [4.78, 5) is 110. The molecule has 468 valence electrons. The highest BCUT2D eigenvalue weighted by Crippen LogP contribution is 2.28. The highest BCUT2D eigenvalue weighted by Gasteiger charge is 2.48. The average molecular weight is 1220 g/mol. The monoisotopic (exact) mass is 1220 g/mol. The van der Waals surface area contributed by atoms with Crippen molar-refractivity contribution in [2.45, 2.75) is 140 Å². The van der Waals surface area contributed by atoms with Crippen LogP contribution < -0.4 is 21.1 Å². The van der Waals surface area contributed by atoms with Gasteiger partial charge in [-0.25, -0.2) is 4.79 Å². The maximum atomic E-state index is 13.6. The fourth-order valence-electron chi connectivity index (χ4n) is 9.15. The summed E-state index contributed by atoms with van der Waals surface area (Å²) in [6.45, 7) is 4.34. The number of ketones is 4. The van der Waals surface area contributed by atoms with Gasteiger partial charge in [0.2, 0.25) is 17.7 Å². The SMILES string of the molecule is Cc1cc(CC(=O)Cc2ccc(Oc3ccnc(C(=O)CCCN(C)C(=O)OCc4ccc(NC(=O)C(CC(N)=O)CC(=O)C(C)NC(=O)C(CC(=O)[C@H](O)[C@H](O)[C@@H](O[C@@H]5O[C@H](CO)[C@H](O)[C@H](O)[C@H]5O)[C@H](O)CO)C(C)C)cc4)c3)cc2)ccc1Cl. The summed E-state index contributed by atoms with van der Waals surface area (Å²) in [5.41, 5.74) is 9.01. The summed E-state index contributed by atoms with van der Waals surface area (Å²) in [5.74, 6) is -6.89. The predicted molar refractivity (Wildman–Crippen MR) is 307 cm³/mol. The van der Waals surface area contributed by atoms with Gasteiger partial charge in [0.1, 0.15) is 78.4 Å². The molecule has 86 heavy (non-hydrogen) atoms. The molecule has 0 aliphatic carbocycles. The normalized spacial score (nSPS) is 19.2. The van der Waals surface area contributed by atoms with Crippen molar-refractivity contribution in [2.75, 3.05) is 32.1 Å². The largest absolute Gasteiger partial charge is 0.457 e. The lowest BCUT2D eigenvalue weighted by molar-refractivity contribution is -0.326. The van der Waals surface area contributed by atoms with E-state index < -0.39 is 147 Å². The Labute approximate surface area is 501 Å². The van der Waals surface area contributed by atoms with E-state index in [1.54, 1.807) is 62.4 Å². The Kier molecular flexibility index (Phi) is 26.8. The van der Waals surface area contributed by atoms with E-state index in [-0.39, 0.29) is 55.4 Å². The van der Waals surface area contributed by atoms with Crippen molar-refractivity contribution in [3.8, 4) is 11.5 Å². The molecule has 1 fully saturated rings. The number of aliphatic hydroxyl groups is 8. The zero-order valence-electron chi connectivity index (χ0n) is 48.2. The highest BCUT2D eigenvalue weighted by atomic mass is 35.5. The van der Waals surface area contributed by atoms with Gasteiger partial charge in [-0.2, -0.15) is 0 Å². The molecule has 0 saturated carbocycles. The Morgan fingerprint density at radius 1 is 0.779 bits per heavy atom. The van der Waals surface area contributed by atoms with Crippen molar-refractivity contribution >= 4 is 64.2 Å². The summed E-state index contributed by atoms with van der Waals surface area (Å²) < 4.78 is 22.0. The van der Waals surface area contributed by atoms with Crippen molar-refractivity contribution < 1.29 is 98.2 Å². The van der Waals surface area contributed by atoms with Crippen molar-refractivity contribution in [3.05, 3.63) is 118 Å². The van der Waals surface area contributed by atoms with Gasteiger partial charge < -0.3 is 81.1 Å². The second-order valence-corrected chi connectivity index (χ2v) is 22.0. The van der Waals surface area contributed by atoms with E-state index in [2.05, 4.69) is 15.6 Å². The van der Waals surface area contributed by atoms with Gasteiger partial charge in [-0.05, 0) is 84.8 Å². The maximum Gasteiger partial charge on any atom is 0.409 e. The van der Waals surface area contributed by atoms with E-state index in [9.17, 15) is 79.2 Å². The molecular weight excluding hydrogens is 1150 g/mol. The predicted octanol–water partition coefficient (Wildman–Crippen LogP) is 1.81. The molecule has 0 spiro atoms. The number of hydrogen-bond acceptors (Lipinski definition) is 21. The third-order valence-electron chi connectivity index (χ3n) is 14.4. The lowest BCUT2D eigenvalue weighted by Crippen LogP contribution is -2.61. The third-order valence-corrected chi connectivity index (χ3v) is 14.8. The van der Waals surface area contributed by atoms with Crippen LogP contribution in [0.1, 0.15) is 85.6 Å². The average Bonchev–Trinajstić information content (AvgIpc) is 3.68. The first kappa shape index (κ1) is 69.6. The number of nitrogens with one attached hydrogen (secondary N) is 2. The molecule has 25 nitrogen and oxygen atoms in total.